The highest BCUT2D eigenvalue weighted by molar-refractivity contribution is 6.62. The van der Waals surface area contributed by atoms with Gasteiger partial charge in [-0.15, -0.1) is 0 Å². The molecule has 1 N–H and O–H groups in total. The molecule has 0 aromatic rings. The van der Waals surface area contributed by atoms with E-state index in [1.807, 2.05) is 0 Å². The van der Waals surface area contributed by atoms with E-state index < -0.39 is 8.80 Å². The van der Waals surface area contributed by atoms with Crippen LogP contribution in [0.4, 0.5) is 0 Å². The maximum Gasteiger partial charge on any atom is 0.561 e. The molecule has 0 fully saturated rings. The number of unbranched alkanes of at least 4 members (excludes halogenated alkanes) is 11. The summed E-state index contributed by atoms with van der Waals surface area (Å²) in [5.74, 6) is 0. The SMILES string of the molecule is CCCCCCCCCCCCCC[N+](C)(C)C(CC)[Si](OC)(OC)OC.[OH-]. The number of hydrogen-bond donors (Lipinski definition) is 0. The fraction of sp³-hybridized carbons (Fsp3) is 1.00. The van der Waals surface area contributed by atoms with E-state index in [0.717, 1.165) is 17.4 Å². The summed E-state index contributed by atoms with van der Waals surface area (Å²) in [5.41, 5.74) is 0.283. The molecule has 0 amide bonds. The molecule has 0 rings (SSSR count). The molecule has 0 spiro atoms. The van der Waals surface area contributed by atoms with Crippen molar-refractivity contribution in [3.05, 3.63) is 0 Å². The number of rotatable bonds is 19. The van der Waals surface area contributed by atoms with Crippen LogP contribution < -0.4 is 0 Å². The van der Waals surface area contributed by atoms with Crippen LogP contribution in [0.25, 0.3) is 0 Å². The van der Waals surface area contributed by atoms with Crippen LogP contribution >= 0.6 is 0 Å². The quantitative estimate of drug-likeness (QED) is 0.151. The number of nitrogens with zero attached hydrogens (tertiary/aromatic N) is 1. The van der Waals surface area contributed by atoms with Gasteiger partial charge in [-0.1, -0.05) is 78.1 Å². The predicted octanol–water partition coefficient (Wildman–Crippen LogP) is 5.78. The third-order valence-corrected chi connectivity index (χ3v) is 9.71. The van der Waals surface area contributed by atoms with Crippen LogP contribution in [0.2, 0.25) is 0 Å². The van der Waals surface area contributed by atoms with Crippen molar-refractivity contribution in [3.63, 3.8) is 0 Å². The van der Waals surface area contributed by atoms with E-state index in [2.05, 4.69) is 27.9 Å². The Hall–Kier alpha value is 0.0169. The summed E-state index contributed by atoms with van der Waals surface area (Å²) in [4.78, 5) is 0. The molecule has 28 heavy (non-hydrogen) atoms. The van der Waals surface area contributed by atoms with Gasteiger partial charge in [-0.25, -0.2) is 0 Å². The van der Waals surface area contributed by atoms with Crippen LogP contribution in [0.15, 0.2) is 0 Å². The van der Waals surface area contributed by atoms with Crippen molar-refractivity contribution in [2.45, 2.75) is 103 Å². The first-order valence-corrected chi connectivity index (χ1v) is 13.2. The first kappa shape index (κ1) is 30.2. The van der Waals surface area contributed by atoms with E-state index in [1.165, 1.54) is 77.0 Å². The molecule has 0 saturated carbocycles. The molecule has 1 unspecified atom stereocenters. The van der Waals surface area contributed by atoms with Gasteiger partial charge in [0.2, 0.25) is 0 Å². The standard InChI is InChI=1S/C22H50NO3Si.H2O/c1-8-10-11-12-13-14-15-16-17-18-19-20-21-23(3,4)22(9-2)27(24-5,25-6)26-7;/h22H,8-21H2,1-7H3;1H2/q+1;/p-1. The highest BCUT2D eigenvalue weighted by Crippen LogP contribution is 2.25. The second kappa shape index (κ2) is 17.8. The summed E-state index contributed by atoms with van der Waals surface area (Å²) < 4.78 is 18.2. The third-order valence-electron chi connectivity index (χ3n) is 6.08. The molecule has 0 heterocycles. The van der Waals surface area contributed by atoms with Gasteiger partial charge in [0.1, 0.15) is 0 Å². The van der Waals surface area contributed by atoms with Crippen LogP contribution in [0, 0.1) is 0 Å². The Morgan fingerprint density at radius 1 is 0.643 bits per heavy atom. The topological polar surface area (TPSA) is 57.7 Å². The van der Waals surface area contributed by atoms with Crippen molar-refractivity contribution in [1.29, 1.82) is 0 Å². The first-order valence-electron chi connectivity index (χ1n) is 11.4. The van der Waals surface area contributed by atoms with Gasteiger partial charge >= 0.3 is 8.80 Å². The summed E-state index contributed by atoms with van der Waals surface area (Å²) in [6, 6.07) is 0. The molecule has 6 heteroatoms. The molecule has 0 saturated heterocycles. The Morgan fingerprint density at radius 3 is 1.32 bits per heavy atom. The zero-order valence-electron chi connectivity index (χ0n) is 20.1. The Balaban J connectivity index is 0. The largest absolute Gasteiger partial charge is 0.870 e. The molecule has 0 aromatic carbocycles. The van der Waals surface area contributed by atoms with Gasteiger partial charge in [-0.2, -0.15) is 0 Å². The Bertz CT molecular complexity index is 330. The summed E-state index contributed by atoms with van der Waals surface area (Å²) in [6.07, 6.45) is 17.7. The van der Waals surface area contributed by atoms with Crippen LogP contribution in [-0.2, 0) is 13.3 Å². The molecule has 0 radical (unpaired) electrons. The van der Waals surface area contributed by atoms with E-state index in [-0.39, 0.29) is 11.1 Å². The number of quaternary nitrogens is 1. The fourth-order valence-corrected chi connectivity index (χ4v) is 7.15. The van der Waals surface area contributed by atoms with Crippen molar-refractivity contribution >= 4 is 8.80 Å². The summed E-state index contributed by atoms with van der Waals surface area (Å²) in [7, 11) is 7.17. The van der Waals surface area contributed by atoms with Crippen molar-refractivity contribution in [3.8, 4) is 0 Å². The van der Waals surface area contributed by atoms with E-state index >= 15 is 0 Å². The Kier molecular flexibility index (Phi) is 19.2. The molecule has 0 aliphatic rings. The zero-order valence-corrected chi connectivity index (χ0v) is 21.1. The predicted molar refractivity (Wildman–Crippen MR) is 121 cm³/mol. The van der Waals surface area contributed by atoms with Crippen molar-refractivity contribution < 1.29 is 23.2 Å². The van der Waals surface area contributed by atoms with Crippen LogP contribution in [0.5, 0.6) is 0 Å². The van der Waals surface area contributed by atoms with Gasteiger partial charge in [-0.05, 0) is 12.8 Å². The van der Waals surface area contributed by atoms with Gasteiger partial charge in [-0.3, -0.25) is 0 Å². The van der Waals surface area contributed by atoms with E-state index in [4.69, 9.17) is 13.3 Å². The smallest absolute Gasteiger partial charge is 0.561 e. The van der Waals surface area contributed by atoms with Crippen molar-refractivity contribution in [1.82, 2.24) is 0 Å². The Morgan fingerprint density at radius 2 is 1.00 bits per heavy atom. The average Bonchev–Trinajstić information content (AvgIpc) is 2.66. The fourth-order valence-electron chi connectivity index (χ4n) is 4.35. The lowest BCUT2D eigenvalue weighted by atomic mass is 10.1. The Labute approximate surface area is 177 Å². The van der Waals surface area contributed by atoms with Gasteiger partial charge in [0.05, 0.1) is 20.6 Å². The lowest BCUT2D eigenvalue weighted by Crippen LogP contribution is -2.67. The summed E-state index contributed by atoms with van der Waals surface area (Å²) in [6.45, 7) is 5.65. The highest BCUT2D eigenvalue weighted by Gasteiger charge is 2.55. The van der Waals surface area contributed by atoms with Crippen molar-refractivity contribution in [2.24, 2.45) is 0 Å². The monoisotopic (exact) mass is 421 g/mol. The molecule has 172 valence electrons. The maximum absolute atomic E-state index is 5.77. The average molecular weight is 422 g/mol. The van der Waals surface area contributed by atoms with E-state index in [9.17, 15) is 0 Å². The highest BCUT2D eigenvalue weighted by atomic mass is 28.4. The lowest BCUT2D eigenvalue weighted by Gasteiger charge is -2.43. The second-order valence-corrected chi connectivity index (χ2v) is 11.6. The van der Waals surface area contributed by atoms with Crippen LogP contribution in [0.3, 0.4) is 0 Å². The molecular formula is C22H51NO4Si. The molecule has 0 aliphatic heterocycles. The molecule has 0 aliphatic carbocycles. The van der Waals surface area contributed by atoms with Crippen molar-refractivity contribution in [2.75, 3.05) is 42.0 Å². The third kappa shape index (κ3) is 11.3. The van der Waals surface area contributed by atoms with Gasteiger partial charge in [0.25, 0.3) is 0 Å². The minimum Gasteiger partial charge on any atom is -0.870 e. The van der Waals surface area contributed by atoms with Crippen LogP contribution in [-0.4, -0.2) is 66.4 Å². The second-order valence-electron chi connectivity index (χ2n) is 8.53. The minimum atomic E-state index is -2.61. The van der Waals surface area contributed by atoms with Gasteiger partial charge in [0, 0.05) is 27.8 Å². The maximum atomic E-state index is 5.77. The molecule has 5 nitrogen and oxygen atoms in total. The normalized spacial score (nSPS) is 13.4. The van der Waals surface area contributed by atoms with Gasteiger partial charge in [0.15, 0.2) is 5.67 Å². The van der Waals surface area contributed by atoms with E-state index in [1.54, 1.807) is 21.3 Å². The van der Waals surface area contributed by atoms with Gasteiger partial charge < -0.3 is 23.2 Å². The minimum absolute atomic E-state index is 0. The molecular weight excluding hydrogens is 370 g/mol. The number of hydrogen-bond acceptors (Lipinski definition) is 4. The summed E-state index contributed by atoms with van der Waals surface area (Å²) in [5, 5.41) is 0. The molecule has 1 atom stereocenters. The molecule has 0 bridgehead atoms. The first-order chi connectivity index (χ1) is 12.9. The van der Waals surface area contributed by atoms with E-state index in [0.29, 0.717) is 0 Å². The lowest BCUT2D eigenvalue weighted by molar-refractivity contribution is -0.906. The zero-order chi connectivity index (χ0) is 20.6. The van der Waals surface area contributed by atoms with Crippen LogP contribution in [0.1, 0.15) is 97.3 Å². The summed E-state index contributed by atoms with van der Waals surface area (Å²) >= 11 is 0. The molecule has 0 aromatic heterocycles.